The molecule has 13 aromatic rings. The second kappa shape index (κ2) is 16.5. The quantitative estimate of drug-likeness (QED) is 0.144. The molecule has 2 heteroatoms. The third-order valence-corrected chi connectivity index (χ3v) is 13.7. The number of aromatic nitrogens is 2. The largest absolute Gasteiger partial charge is 0.309 e. The SMILES string of the molecule is c1ccc(-c2ccc(-n3c4ccc(-c5ccc6c(c5)c5ccccc5n6-c5cc(-c6ccccc6)ccc5-c5ccccc5)cc4c4c(-c5cccc(-c6ccccc6)c5)cccc43)cc2)cc1. The summed E-state index contributed by atoms with van der Waals surface area (Å²) in [6.45, 7) is 0. The van der Waals surface area contributed by atoms with Gasteiger partial charge < -0.3 is 9.13 Å². The summed E-state index contributed by atoms with van der Waals surface area (Å²) in [7, 11) is 0. The molecule has 0 bridgehead atoms. The third kappa shape index (κ3) is 6.73. The van der Waals surface area contributed by atoms with E-state index in [1.54, 1.807) is 0 Å². The molecule has 0 aliphatic heterocycles. The Hall–Kier alpha value is -8.98. The standard InChI is InChI=1S/C66H44N2/c1-5-17-45(18-6-1)48-31-36-55(37-32-48)67-63-40-35-52(43-60(63)66-57(28-16-30-64(66)67)54-26-15-25-50(41-54)46-19-7-2-8-20-46)51-34-39-62-59(42-51)58-27-13-14-29-61(58)68(62)65-44-53(47-21-9-3-10-22-47)33-38-56(65)49-23-11-4-12-24-49/h1-44H. The van der Waals surface area contributed by atoms with Crippen LogP contribution in [0.15, 0.2) is 267 Å². The summed E-state index contributed by atoms with van der Waals surface area (Å²) < 4.78 is 4.91. The van der Waals surface area contributed by atoms with Crippen molar-refractivity contribution in [3.05, 3.63) is 267 Å². The number of hydrogen-bond donors (Lipinski definition) is 0. The fourth-order valence-electron chi connectivity index (χ4n) is 10.5. The monoisotopic (exact) mass is 864 g/mol. The minimum absolute atomic E-state index is 1.13. The van der Waals surface area contributed by atoms with Crippen LogP contribution in [-0.2, 0) is 0 Å². The van der Waals surface area contributed by atoms with Crippen LogP contribution in [0, 0.1) is 0 Å². The van der Waals surface area contributed by atoms with E-state index in [2.05, 4.69) is 276 Å². The summed E-state index contributed by atoms with van der Waals surface area (Å²) in [6, 6.07) is 97.5. The van der Waals surface area contributed by atoms with E-state index >= 15 is 0 Å². The van der Waals surface area contributed by atoms with Crippen molar-refractivity contribution in [1.82, 2.24) is 9.13 Å². The molecule has 13 rings (SSSR count). The highest BCUT2D eigenvalue weighted by atomic mass is 15.0. The minimum Gasteiger partial charge on any atom is -0.309 e. The second-order valence-corrected chi connectivity index (χ2v) is 17.7. The summed E-state index contributed by atoms with van der Waals surface area (Å²) in [6.07, 6.45) is 0. The van der Waals surface area contributed by atoms with E-state index in [9.17, 15) is 0 Å². The minimum atomic E-state index is 1.13. The normalized spacial score (nSPS) is 11.5. The fraction of sp³-hybridized carbons (Fsp3) is 0. The Bertz CT molecular complexity index is 3980. The van der Waals surface area contributed by atoms with Gasteiger partial charge in [-0.05, 0) is 122 Å². The summed E-state index contributed by atoms with van der Waals surface area (Å²) in [4.78, 5) is 0. The van der Waals surface area contributed by atoms with Gasteiger partial charge in [-0.25, -0.2) is 0 Å². The molecule has 2 heterocycles. The van der Waals surface area contributed by atoms with Crippen molar-refractivity contribution in [2.24, 2.45) is 0 Å². The van der Waals surface area contributed by atoms with Gasteiger partial charge in [0.25, 0.3) is 0 Å². The lowest BCUT2D eigenvalue weighted by atomic mass is 9.95. The van der Waals surface area contributed by atoms with Crippen LogP contribution in [0.1, 0.15) is 0 Å². The van der Waals surface area contributed by atoms with Gasteiger partial charge in [0.05, 0.1) is 27.8 Å². The zero-order valence-electron chi connectivity index (χ0n) is 37.3. The number of benzene rings is 11. The van der Waals surface area contributed by atoms with Gasteiger partial charge in [-0.3, -0.25) is 0 Å². The first-order chi connectivity index (χ1) is 33.7. The van der Waals surface area contributed by atoms with Crippen LogP contribution < -0.4 is 0 Å². The van der Waals surface area contributed by atoms with Gasteiger partial charge in [0.2, 0.25) is 0 Å². The second-order valence-electron chi connectivity index (χ2n) is 17.7. The first kappa shape index (κ1) is 39.4. The van der Waals surface area contributed by atoms with Gasteiger partial charge in [-0.2, -0.15) is 0 Å². The lowest BCUT2D eigenvalue weighted by molar-refractivity contribution is 1.18. The maximum atomic E-state index is 2.47. The predicted octanol–water partition coefficient (Wildman–Crippen LogP) is 17.9. The van der Waals surface area contributed by atoms with Crippen molar-refractivity contribution in [2.75, 3.05) is 0 Å². The van der Waals surface area contributed by atoms with Gasteiger partial charge in [-0.15, -0.1) is 0 Å². The lowest BCUT2D eigenvalue weighted by Gasteiger charge is -2.16. The van der Waals surface area contributed by atoms with E-state index in [0.29, 0.717) is 0 Å². The molecule has 0 aliphatic carbocycles. The van der Waals surface area contributed by atoms with E-state index in [-0.39, 0.29) is 0 Å². The van der Waals surface area contributed by atoms with Gasteiger partial charge in [0, 0.05) is 32.8 Å². The average molecular weight is 865 g/mol. The Kier molecular flexibility index (Phi) is 9.54. The fourth-order valence-corrected chi connectivity index (χ4v) is 10.5. The number of hydrogen-bond acceptors (Lipinski definition) is 0. The Balaban J connectivity index is 1.01. The van der Waals surface area contributed by atoms with Gasteiger partial charge in [0.15, 0.2) is 0 Å². The number of fused-ring (bicyclic) bond motifs is 6. The van der Waals surface area contributed by atoms with Gasteiger partial charge in [-0.1, -0.05) is 206 Å². The van der Waals surface area contributed by atoms with Crippen molar-refractivity contribution in [2.45, 2.75) is 0 Å². The van der Waals surface area contributed by atoms with Crippen LogP contribution in [0.4, 0.5) is 0 Å². The van der Waals surface area contributed by atoms with E-state index in [0.717, 1.165) is 11.4 Å². The summed E-state index contributed by atoms with van der Waals surface area (Å²) in [5, 5.41) is 4.91. The number of nitrogens with zero attached hydrogens (tertiary/aromatic N) is 2. The maximum absolute atomic E-state index is 2.47. The highest BCUT2D eigenvalue weighted by Crippen LogP contribution is 2.43. The molecule has 0 atom stereocenters. The molecule has 0 aliphatic rings. The van der Waals surface area contributed by atoms with Crippen molar-refractivity contribution >= 4 is 43.6 Å². The Labute approximate surface area is 395 Å². The van der Waals surface area contributed by atoms with E-state index < -0.39 is 0 Å². The van der Waals surface area contributed by atoms with Crippen LogP contribution in [0.25, 0.3) is 122 Å². The zero-order chi connectivity index (χ0) is 45.0. The van der Waals surface area contributed by atoms with Crippen LogP contribution in [0.2, 0.25) is 0 Å². The molecular formula is C66H44N2. The Morgan fingerprint density at radius 1 is 0.206 bits per heavy atom. The van der Waals surface area contributed by atoms with E-state index in [1.807, 2.05) is 0 Å². The first-order valence-electron chi connectivity index (χ1n) is 23.4. The number of rotatable bonds is 8. The summed E-state index contributed by atoms with van der Waals surface area (Å²) in [5.41, 5.74) is 21.4. The summed E-state index contributed by atoms with van der Waals surface area (Å²) in [5.74, 6) is 0. The third-order valence-electron chi connectivity index (χ3n) is 13.7. The van der Waals surface area contributed by atoms with Crippen molar-refractivity contribution in [3.8, 4) is 78.1 Å². The molecule has 0 radical (unpaired) electrons. The lowest BCUT2D eigenvalue weighted by Crippen LogP contribution is -1.98. The van der Waals surface area contributed by atoms with E-state index in [1.165, 1.54) is 110 Å². The molecule has 68 heavy (non-hydrogen) atoms. The molecule has 0 unspecified atom stereocenters. The predicted molar refractivity (Wildman–Crippen MR) is 288 cm³/mol. The molecule has 11 aromatic carbocycles. The summed E-state index contributed by atoms with van der Waals surface area (Å²) >= 11 is 0. The molecule has 2 aromatic heterocycles. The van der Waals surface area contributed by atoms with Gasteiger partial charge >= 0.3 is 0 Å². The number of para-hydroxylation sites is 1. The van der Waals surface area contributed by atoms with Crippen LogP contribution >= 0.6 is 0 Å². The Morgan fingerprint density at radius 2 is 0.647 bits per heavy atom. The molecule has 0 amide bonds. The van der Waals surface area contributed by atoms with E-state index in [4.69, 9.17) is 0 Å². The van der Waals surface area contributed by atoms with Crippen LogP contribution in [0.5, 0.6) is 0 Å². The topological polar surface area (TPSA) is 9.86 Å². The van der Waals surface area contributed by atoms with Crippen LogP contribution in [-0.4, -0.2) is 9.13 Å². The molecule has 0 spiro atoms. The highest BCUT2D eigenvalue weighted by molar-refractivity contribution is 6.17. The zero-order valence-corrected chi connectivity index (χ0v) is 37.3. The molecule has 318 valence electrons. The van der Waals surface area contributed by atoms with Crippen molar-refractivity contribution in [3.63, 3.8) is 0 Å². The smallest absolute Gasteiger partial charge is 0.0547 e. The average Bonchev–Trinajstić information content (AvgIpc) is 3.94. The highest BCUT2D eigenvalue weighted by Gasteiger charge is 2.20. The van der Waals surface area contributed by atoms with Crippen LogP contribution in [0.3, 0.4) is 0 Å². The van der Waals surface area contributed by atoms with Gasteiger partial charge in [0.1, 0.15) is 0 Å². The van der Waals surface area contributed by atoms with Crippen molar-refractivity contribution < 1.29 is 0 Å². The first-order valence-corrected chi connectivity index (χ1v) is 23.4. The molecule has 0 N–H and O–H groups in total. The maximum Gasteiger partial charge on any atom is 0.0547 e. The molecule has 0 fully saturated rings. The molecule has 0 saturated carbocycles. The molecule has 0 saturated heterocycles. The Morgan fingerprint density at radius 3 is 1.32 bits per heavy atom. The molecule has 2 nitrogen and oxygen atoms in total. The van der Waals surface area contributed by atoms with Crippen molar-refractivity contribution in [1.29, 1.82) is 0 Å². The molecular weight excluding hydrogens is 821 g/mol.